The molecule has 1 N–H and O–H groups in total. The zero-order valence-corrected chi connectivity index (χ0v) is 11.3. The van der Waals surface area contributed by atoms with Gasteiger partial charge in [-0.3, -0.25) is 4.79 Å². The highest BCUT2D eigenvalue weighted by Crippen LogP contribution is 2.39. The second-order valence-corrected chi connectivity index (χ2v) is 6.62. The first-order chi connectivity index (χ1) is 7.70. The van der Waals surface area contributed by atoms with Gasteiger partial charge in [-0.05, 0) is 22.6 Å². The second kappa shape index (κ2) is 3.59. The molecule has 0 spiro atoms. The molecule has 1 aliphatic heterocycles. The molecule has 0 saturated heterocycles. The van der Waals surface area contributed by atoms with E-state index in [-0.39, 0.29) is 16.7 Å². The summed E-state index contributed by atoms with van der Waals surface area (Å²) < 4.78 is 0. The van der Waals surface area contributed by atoms with Gasteiger partial charge in [0.05, 0.1) is 0 Å². The lowest BCUT2D eigenvalue weighted by Gasteiger charge is -2.33. The van der Waals surface area contributed by atoms with Gasteiger partial charge < -0.3 is 5.32 Å². The van der Waals surface area contributed by atoms with Gasteiger partial charge in [0.2, 0.25) is 5.91 Å². The third-order valence-corrected chi connectivity index (χ3v) is 3.49. The summed E-state index contributed by atoms with van der Waals surface area (Å²) in [6.45, 7) is 10.9. The average Bonchev–Trinajstić information content (AvgIpc) is 2.13. The van der Waals surface area contributed by atoms with Gasteiger partial charge in [-0.25, -0.2) is 0 Å². The Kier molecular flexibility index (Phi) is 2.57. The predicted molar refractivity (Wildman–Crippen MR) is 71.4 cm³/mol. The number of nitrogens with one attached hydrogen (secondary N) is 1. The van der Waals surface area contributed by atoms with Crippen LogP contribution in [0.25, 0.3) is 0 Å². The Morgan fingerprint density at radius 3 is 2.47 bits per heavy atom. The smallest absolute Gasteiger partial charge is 0.225 e. The Hall–Kier alpha value is -1.31. The standard InChI is InChI=1S/C15H21NO/c1-14(2,3)10-6-7-12-11(8-10)15(4,5)9-13(17)16-12/h6-8H,9H2,1-5H3,(H,16,17). The van der Waals surface area contributed by atoms with Crippen LogP contribution in [0.4, 0.5) is 5.69 Å². The highest BCUT2D eigenvalue weighted by Gasteiger charge is 2.32. The lowest BCUT2D eigenvalue weighted by atomic mass is 9.75. The molecule has 0 aromatic heterocycles. The van der Waals surface area contributed by atoms with Crippen molar-refractivity contribution in [2.75, 3.05) is 5.32 Å². The molecule has 0 bridgehead atoms. The van der Waals surface area contributed by atoms with E-state index in [0.29, 0.717) is 6.42 Å². The van der Waals surface area contributed by atoms with Crippen LogP contribution in [0.3, 0.4) is 0 Å². The number of carbonyl (C=O) groups excluding carboxylic acids is 1. The normalized spacial score (nSPS) is 18.5. The molecule has 2 heteroatoms. The molecule has 1 heterocycles. The lowest BCUT2D eigenvalue weighted by Crippen LogP contribution is -2.33. The fourth-order valence-electron chi connectivity index (χ4n) is 2.37. The number of carbonyl (C=O) groups is 1. The largest absolute Gasteiger partial charge is 0.326 e. The van der Waals surface area contributed by atoms with Crippen molar-refractivity contribution in [2.45, 2.75) is 51.9 Å². The number of amides is 1. The van der Waals surface area contributed by atoms with E-state index in [0.717, 1.165) is 5.69 Å². The van der Waals surface area contributed by atoms with Crippen molar-refractivity contribution in [2.24, 2.45) is 0 Å². The van der Waals surface area contributed by atoms with Crippen LogP contribution in [0, 0.1) is 0 Å². The van der Waals surface area contributed by atoms with Crippen molar-refractivity contribution in [1.29, 1.82) is 0 Å². The van der Waals surface area contributed by atoms with Crippen molar-refractivity contribution < 1.29 is 4.79 Å². The minimum atomic E-state index is -0.0705. The third-order valence-electron chi connectivity index (χ3n) is 3.49. The number of benzene rings is 1. The maximum Gasteiger partial charge on any atom is 0.225 e. The van der Waals surface area contributed by atoms with Crippen LogP contribution in [0.5, 0.6) is 0 Å². The monoisotopic (exact) mass is 231 g/mol. The molecule has 1 amide bonds. The summed E-state index contributed by atoms with van der Waals surface area (Å²) in [4.78, 5) is 11.6. The minimum absolute atomic E-state index is 0.0705. The van der Waals surface area contributed by atoms with Crippen molar-refractivity contribution in [3.05, 3.63) is 29.3 Å². The first kappa shape index (κ1) is 12.2. The molecule has 17 heavy (non-hydrogen) atoms. The van der Waals surface area contributed by atoms with Crippen LogP contribution in [-0.4, -0.2) is 5.91 Å². The molecule has 2 nitrogen and oxygen atoms in total. The van der Waals surface area contributed by atoms with Gasteiger partial charge in [0.25, 0.3) is 0 Å². The summed E-state index contributed by atoms with van der Waals surface area (Å²) >= 11 is 0. The van der Waals surface area contributed by atoms with Gasteiger partial charge in [0.15, 0.2) is 0 Å². The maximum absolute atomic E-state index is 11.6. The molecule has 0 atom stereocenters. The van der Waals surface area contributed by atoms with Gasteiger partial charge >= 0.3 is 0 Å². The van der Waals surface area contributed by atoms with E-state index in [1.165, 1.54) is 11.1 Å². The van der Waals surface area contributed by atoms with Gasteiger partial charge in [-0.15, -0.1) is 0 Å². The Labute approximate surface area is 103 Å². The van der Waals surface area contributed by atoms with Crippen LogP contribution in [0.1, 0.15) is 52.2 Å². The molecule has 2 rings (SSSR count). The molecule has 0 unspecified atom stereocenters. The summed E-state index contributed by atoms with van der Waals surface area (Å²) in [6.07, 6.45) is 0.563. The summed E-state index contributed by atoms with van der Waals surface area (Å²) in [5.41, 5.74) is 3.62. The Morgan fingerprint density at radius 2 is 1.88 bits per heavy atom. The van der Waals surface area contributed by atoms with E-state index < -0.39 is 0 Å². The van der Waals surface area contributed by atoms with Crippen molar-refractivity contribution >= 4 is 11.6 Å². The van der Waals surface area contributed by atoms with Crippen LogP contribution in [0.2, 0.25) is 0 Å². The molecular weight excluding hydrogens is 210 g/mol. The SMILES string of the molecule is CC(C)(C)c1ccc2c(c1)C(C)(C)CC(=O)N2. The number of hydrogen-bond donors (Lipinski definition) is 1. The average molecular weight is 231 g/mol. The summed E-state index contributed by atoms with van der Waals surface area (Å²) in [5, 5.41) is 2.96. The lowest BCUT2D eigenvalue weighted by molar-refractivity contribution is -0.117. The number of rotatable bonds is 0. The summed E-state index contributed by atoms with van der Waals surface area (Å²) in [6, 6.07) is 6.39. The molecule has 0 radical (unpaired) electrons. The van der Waals surface area contributed by atoms with E-state index in [9.17, 15) is 4.79 Å². The molecular formula is C15H21NO. The molecule has 1 aromatic carbocycles. The van der Waals surface area contributed by atoms with E-state index in [1.54, 1.807) is 0 Å². The van der Waals surface area contributed by atoms with Crippen LogP contribution in [-0.2, 0) is 15.6 Å². The Bertz CT molecular complexity index is 466. The van der Waals surface area contributed by atoms with Crippen LogP contribution in [0.15, 0.2) is 18.2 Å². The molecule has 1 aromatic rings. The number of hydrogen-bond acceptors (Lipinski definition) is 1. The van der Waals surface area contributed by atoms with E-state index in [4.69, 9.17) is 0 Å². The van der Waals surface area contributed by atoms with Gasteiger partial charge in [-0.2, -0.15) is 0 Å². The van der Waals surface area contributed by atoms with Crippen LogP contribution >= 0.6 is 0 Å². The predicted octanol–water partition coefficient (Wildman–Crippen LogP) is 3.60. The van der Waals surface area contributed by atoms with Gasteiger partial charge in [0.1, 0.15) is 0 Å². The van der Waals surface area contributed by atoms with E-state index >= 15 is 0 Å². The first-order valence-corrected chi connectivity index (χ1v) is 6.15. The summed E-state index contributed by atoms with van der Waals surface area (Å²) in [7, 11) is 0. The fraction of sp³-hybridized carbons (Fsp3) is 0.533. The van der Waals surface area contributed by atoms with Crippen LogP contribution < -0.4 is 5.32 Å². The van der Waals surface area contributed by atoms with E-state index in [1.807, 2.05) is 6.07 Å². The van der Waals surface area contributed by atoms with Crippen molar-refractivity contribution in [1.82, 2.24) is 0 Å². The third kappa shape index (κ3) is 2.21. The highest BCUT2D eigenvalue weighted by atomic mass is 16.1. The molecule has 0 fully saturated rings. The highest BCUT2D eigenvalue weighted by molar-refractivity contribution is 5.95. The number of fused-ring (bicyclic) bond motifs is 1. The Morgan fingerprint density at radius 1 is 1.24 bits per heavy atom. The topological polar surface area (TPSA) is 29.1 Å². The van der Waals surface area contributed by atoms with Gasteiger partial charge in [-0.1, -0.05) is 46.8 Å². The summed E-state index contributed by atoms with van der Waals surface area (Å²) in [5.74, 6) is 0.117. The molecule has 0 saturated carbocycles. The van der Waals surface area contributed by atoms with E-state index in [2.05, 4.69) is 52.1 Å². The second-order valence-electron chi connectivity index (χ2n) is 6.62. The molecule has 0 aliphatic carbocycles. The zero-order chi connectivity index (χ0) is 12.8. The molecule has 92 valence electrons. The zero-order valence-electron chi connectivity index (χ0n) is 11.3. The van der Waals surface area contributed by atoms with Crippen molar-refractivity contribution in [3.63, 3.8) is 0 Å². The first-order valence-electron chi connectivity index (χ1n) is 6.15. The number of anilines is 1. The Balaban J connectivity index is 2.55. The molecule has 1 aliphatic rings. The quantitative estimate of drug-likeness (QED) is 0.726. The maximum atomic E-state index is 11.6. The fourth-order valence-corrected chi connectivity index (χ4v) is 2.37. The van der Waals surface area contributed by atoms with Gasteiger partial charge in [0, 0.05) is 17.5 Å². The van der Waals surface area contributed by atoms with Crippen molar-refractivity contribution in [3.8, 4) is 0 Å². The minimum Gasteiger partial charge on any atom is -0.326 e.